The zero-order valence-corrected chi connectivity index (χ0v) is 13.5. The Morgan fingerprint density at radius 1 is 1.30 bits per heavy atom. The van der Waals surface area contributed by atoms with Gasteiger partial charge in [-0.15, -0.1) is 4.72 Å². The van der Waals surface area contributed by atoms with Crippen LogP contribution in [0.1, 0.15) is 26.3 Å². The summed E-state index contributed by atoms with van der Waals surface area (Å²) in [6.07, 6.45) is 0. The van der Waals surface area contributed by atoms with Crippen molar-refractivity contribution in [3.05, 3.63) is 35.6 Å². The van der Waals surface area contributed by atoms with E-state index in [1.165, 1.54) is 26.8 Å². The number of carboxylic acids is 1. The molecule has 1 aromatic rings. The third-order valence-electron chi connectivity index (χ3n) is 3.16. The van der Waals surface area contributed by atoms with Crippen molar-refractivity contribution in [2.75, 3.05) is 6.67 Å². The minimum Gasteiger partial charge on any atom is -0.598 e. The molecule has 0 spiro atoms. The molecule has 0 heterocycles. The lowest BCUT2D eigenvalue weighted by Crippen LogP contribution is -2.64. The number of carbonyl (C=O) groups is 1. The Morgan fingerprint density at radius 3 is 2.22 bits per heavy atom. The predicted octanol–water partition coefficient (Wildman–Crippen LogP) is 2.76. The second kappa shape index (κ2) is 6.66. The van der Waals surface area contributed by atoms with Gasteiger partial charge in [-0.05, 0) is 26.8 Å². The van der Waals surface area contributed by atoms with Gasteiger partial charge in [0.25, 0.3) is 0 Å². The SMILES string of the molecule is CC(C)(C)[S+]([O-])NC(CF)(c1ccccc1F)C(F)(F)C(=O)O. The Labute approximate surface area is 134 Å². The number of aliphatic carboxylic acids is 1. The number of carboxylic acid groups (broad SMARTS) is 1. The van der Waals surface area contributed by atoms with Crippen LogP contribution in [0.2, 0.25) is 0 Å². The van der Waals surface area contributed by atoms with E-state index in [2.05, 4.69) is 0 Å². The highest BCUT2D eigenvalue weighted by atomic mass is 32.2. The average Bonchev–Trinajstić information content (AvgIpc) is 2.43. The van der Waals surface area contributed by atoms with E-state index in [0.717, 1.165) is 18.2 Å². The van der Waals surface area contributed by atoms with Gasteiger partial charge < -0.3 is 9.66 Å². The average molecular weight is 355 g/mol. The summed E-state index contributed by atoms with van der Waals surface area (Å²) in [5.41, 5.74) is -4.21. The molecule has 2 atom stereocenters. The van der Waals surface area contributed by atoms with Crippen LogP contribution in [0.15, 0.2) is 24.3 Å². The van der Waals surface area contributed by atoms with Gasteiger partial charge in [0.2, 0.25) is 0 Å². The first kappa shape index (κ1) is 19.7. The number of hydrogen-bond acceptors (Lipinski definition) is 3. The fourth-order valence-electron chi connectivity index (χ4n) is 1.77. The number of rotatable bonds is 6. The highest BCUT2D eigenvalue weighted by molar-refractivity contribution is 7.90. The van der Waals surface area contributed by atoms with Gasteiger partial charge in [0.15, 0.2) is 5.54 Å². The normalized spacial score (nSPS) is 16.7. The fraction of sp³-hybridized carbons (Fsp3) is 0.500. The van der Waals surface area contributed by atoms with Crippen molar-refractivity contribution in [2.45, 2.75) is 37.0 Å². The van der Waals surface area contributed by atoms with Gasteiger partial charge in [-0.1, -0.05) is 18.2 Å². The van der Waals surface area contributed by atoms with Crippen LogP contribution in [-0.4, -0.2) is 33.0 Å². The molecule has 0 fully saturated rings. The maximum absolute atomic E-state index is 14.3. The first-order chi connectivity index (χ1) is 10.4. The zero-order valence-electron chi connectivity index (χ0n) is 12.7. The molecule has 130 valence electrons. The largest absolute Gasteiger partial charge is 0.598 e. The van der Waals surface area contributed by atoms with Crippen LogP contribution in [0.4, 0.5) is 17.6 Å². The smallest absolute Gasteiger partial charge is 0.377 e. The van der Waals surface area contributed by atoms with E-state index < -0.39 is 51.6 Å². The number of benzene rings is 1. The van der Waals surface area contributed by atoms with Crippen molar-refractivity contribution in [1.29, 1.82) is 0 Å². The van der Waals surface area contributed by atoms with Crippen molar-refractivity contribution in [2.24, 2.45) is 0 Å². The maximum atomic E-state index is 14.3. The highest BCUT2D eigenvalue weighted by Crippen LogP contribution is 2.41. The molecular formula is C14H17F4NO3S. The van der Waals surface area contributed by atoms with Crippen molar-refractivity contribution >= 4 is 17.3 Å². The standard InChI is InChI=1S/C14H17F4NO3S/c1-12(2,3)23(22)19-13(8-15,14(17,18)11(20)21)9-6-4-5-7-10(9)16/h4-7,19H,8H2,1-3H3,(H,20,21). The Kier molecular flexibility index (Phi) is 5.71. The van der Waals surface area contributed by atoms with Gasteiger partial charge in [-0.2, -0.15) is 8.78 Å². The molecule has 0 amide bonds. The van der Waals surface area contributed by atoms with E-state index in [4.69, 9.17) is 5.11 Å². The minimum absolute atomic E-state index is 0.791. The Bertz CT molecular complexity index is 579. The number of hydrogen-bond donors (Lipinski definition) is 2. The Balaban J connectivity index is 3.59. The summed E-state index contributed by atoms with van der Waals surface area (Å²) in [5.74, 6) is -8.63. The van der Waals surface area contributed by atoms with Crippen LogP contribution in [0.25, 0.3) is 0 Å². The van der Waals surface area contributed by atoms with Gasteiger partial charge in [0, 0.05) is 16.9 Å². The third kappa shape index (κ3) is 3.61. The molecule has 1 aromatic carbocycles. The third-order valence-corrected chi connectivity index (χ3v) is 4.81. The quantitative estimate of drug-likeness (QED) is 0.608. The van der Waals surface area contributed by atoms with Crippen LogP contribution < -0.4 is 4.72 Å². The van der Waals surface area contributed by atoms with E-state index in [1.807, 2.05) is 4.72 Å². The van der Waals surface area contributed by atoms with Gasteiger partial charge in [-0.25, -0.2) is 13.6 Å². The molecule has 4 nitrogen and oxygen atoms in total. The summed E-state index contributed by atoms with van der Waals surface area (Å²) in [5, 5.41) is 8.80. The van der Waals surface area contributed by atoms with Gasteiger partial charge in [0.05, 0.1) is 0 Å². The summed E-state index contributed by atoms with van der Waals surface area (Å²) in [6.45, 7) is 2.27. The fourth-order valence-corrected chi connectivity index (χ4v) is 2.69. The molecule has 0 aliphatic carbocycles. The molecule has 0 radical (unpaired) electrons. The molecule has 0 aliphatic rings. The van der Waals surface area contributed by atoms with Crippen molar-refractivity contribution in [3.8, 4) is 0 Å². The highest BCUT2D eigenvalue weighted by Gasteiger charge is 2.65. The summed E-state index contributed by atoms with van der Waals surface area (Å²) in [6, 6.07) is 3.96. The van der Waals surface area contributed by atoms with E-state index in [1.54, 1.807) is 0 Å². The molecule has 2 unspecified atom stereocenters. The molecule has 0 saturated carbocycles. The molecule has 23 heavy (non-hydrogen) atoms. The van der Waals surface area contributed by atoms with E-state index >= 15 is 0 Å². The van der Waals surface area contributed by atoms with Crippen LogP contribution >= 0.6 is 0 Å². The molecule has 0 aliphatic heterocycles. The molecular weight excluding hydrogens is 338 g/mol. The summed E-state index contributed by atoms with van der Waals surface area (Å²) in [7, 11) is 0. The van der Waals surface area contributed by atoms with Gasteiger partial charge in [0.1, 0.15) is 17.2 Å². The summed E-state index contributed by atoms with van der Waals surface area (Å²) < 4.78 is 69.1. The van der Waals surface area contributed by atoms with Crippen LogP contribution in [-0.2, 0) is 21.7 Å². The van der Waals surface area contributed by atoms with E-state index in [-0.39, 0.29) is 0 Å². The number of nitrogens with one attached hydrogen (secondary N) is 1. The molecule has 1 rings (SSSR count). The lowest BCUT2D eigenvalue weighted by molar-refractivity contribution is -0.180. The monoisotopic (exact) mass is 355 g/mol. The molecule has 0 bridgehead atoms. The van der Waals surface area contributed by atoms with Crippen LogP contribution in [0.3, 0.4) is 0 Å². The second-order valence-electron chi connectivity index (χ2n) is 5.88. The van der Waals surface area contributed by atoms with Crippen LogP contribution in [0, 0.1) is 5.82 Å². The van der Waals surface area contributed by atoms with Crippen molar-refractivity contribution in [3.63, 3.8) is 0 Å². The predicted molar refractivity (Wildman–Crippen MR) is 77.7 cm³/mol. The maximum Gasteiger partial charge on any atom is 0.377 e. The minimum atomic E-state index is -4.75. The topological polar surface area (TPSA) is 72.4 Å². The van der Waals surface area contributed by atoms with Crippen molar-refractivity contribution < 1.29 is 32.0 Å². The van der Waals surface area contributed by atoms with Gasteiger partial charge >= 0.3 is 11.9 Å². The van der Waals surface area contributed by atoms with Gasteiger partial charge in [-0.3, -0.25) is 0 Å². The van der Waals surface area contributed by atoms with E-state index in [0.29, 0.717) is 0 Å². The molecule has 2 N–H and O–H groups in total. The zero-order chi connectivity index (χ0) is 18.1. The Morgan fingerprint density at radius 2 is 1.83 bits per heavy atom. The lowest BCUT2D eigenvalue weighted by atomic mass is 9.85. The number of halogens is 4. The Hall–Kier alpha value is -1.32. The second-order valence-corrected chi connectivity index (χ2v) is 7.85. The van der Waals surface area contributed by atoms with Crippen molar-refractivity contribution in [1.82, 2.24) is 4.72 Å². The van der Waals surface area contributed by atoms with Crippen LogP contribution in [0.5, 0.6) is 0 Å². The summed E-state index contributed by atoms with van der Waals surface area (Å²) in [4.78, 5) is 11.0. The first-order valence-electron chi connectivity index (χ1n) is 6.52. The molecule has 0 aromatic heterocycles. The molecule has 9 heteroatoms. The van der Waals surface area contributed by atoms with E-state index in [9.17, 15) is 26.9 Å². The number of alkyl halides is 3. The lowest BCUT2D eigenvalue weighted by Gasteiger charge is -2.38. The summed E-state index contributed by atoms with van der Waals surface area (Å²) >= 11 is -2.28. The molecule has 0 saturated heterocycles. The first-order valence-corrected chi connectivity index (χ1v) is 7.67.